The van der Waals surface area contributed by atoms with Crippen molar-refractivity contribution >= 4 is 0 Å². The molecular formula is C12H13NO4. The van der Waals surface area contributed by atoms with Gasteiger partial charge in [0.05, 0.1) is 21.3 Å². The van der Waals surface area contributed by atoms with Crippen molar-refractivity contribution < 1.29 is 18.7 Å². The lowest BCUT2D eigenvalue weighted by atomic mass is 10.1. The van der Waals surface area contributed by atoms with Crippen LogP contribution in [0.1, 0.15) is 0 Å². The first-order valence-electron chi connectivity index (χ1n) is 5.01. The summed E-state index contributed by atoms with van der Waals surface area (Å²) in [6.45, 7) is 0. The SMILES string of the molecule is COc1cc(-c2ccon2)cc(OC)c1OC. The van der Waals surface area contributed by atoms with Gasteiger partial charge in [0.2, 0.25) is 5.75 Å². The molecule has 1 aromatic heterocycles. The molecule has 2 rings (SSSR count). The molecule has 1 heterocycles. The molecule has 0 radical (unpaired) electrons. The Bertz CT molecular complexity index is 468. The summed E-state index contributed by atoms with van der Waals surface area (Å²) in [5.74, 6) is 1.73. The van der Waals surface area contributed by atoms with Gasteiger partial charge in [-0.3, -0.25) is 0 Å². The van der Waals surface area contributed by atoms with Gasteiger partial charge in [-0.15, -0.1) is 0 Å². The molecule has 0 atom stereocenters. The van der Waals surface area contributed by atoms with E-state index >= 15 is 0 Å². The first kappa shape index (κ1) is 11.3. The number of rotatable bonds is 4. The third-order valence-corrected chi connectivity index (χ3v) is 2.40. The molecule has 0 aliphatic heterocycles. The molecule has 1 aromatic carbocycles. The highest BCUT2D eigenvalue weighted by Crippen LogP contribution is 2.40. The van der Waals surface area contributed by atoms with Crippen molar-refractivity contribution in [1.29, 1.82) is 0 Å². The van der Waals surface area contributed by atoms with Crippen molar-refractivity contribution in [3.63, 3.8) is 0 Å². The van der Waals surface area contributed by atoms with Crippen LogP contribution in [0.25, 0.3) is 11.3 Å². The summed E-state index contributed by atoms with van der Waals surface area (Å²) in [7, 11) is 4.71. The number of ether oxygens (including phenoxy) is 3. The van der Waals surface area contributed by atoms with Gasteiger partial charge in [-0.2, -0.15) is 0 Å². The highest BCUT2D eigenvalue weighted by Gasteiger charge is 2.14. The van der Waals surface area contributed by atoms with Gasteiger partial charge in [0.1, 0.15) is 12.0 Å². The zero-order chi connectivity index (χ0) is 12.3. The molecule has 0 fully saturated rings. The topological polar surface area (TPSA) is 53.7 Å². The number of benzene rings is 1. The van der Waals surface area contributed by atoms with Crippen LogP contribution in [-0.4, -0.2) is 26.5 Å². The van der Waals surface area contributed by atoms with Crippen molar-refractivity contribution in [2.24, 2.45) is 0 Å². The Kier molecular flexibility index (Phi) is 3.18. The molecule has 0 N–H and O–H groups in total. The van der Waals surface area contributed by atoms with E-state index in [2.05, 4.69) is 5.16 Å². The highest BCUT2D eigenvalue weighted by atomic mass is 16.5. The third kappa shape index (κ3) is 2.04. The summed E-state index contributed by atoms with van der Waals surface area (Å²) >= 11 is 0. The summed E-state index contributed by atoms with van der Waals surface area (Å²) in [5, 5.41) is 3.87. The standard InChI is InChI=1S/C12H13NO4/c1-14-10-6-8(9-4-5-17-13-9)7-11(15-2)12(10)16-3/h4-7H,1-3H3. The van der Waals surface area contributed by atoms with Crippen molar-refractivity contribution in [3.8, 4) is 28.5 Å². The minimum Gasteiger partial charge on any atom is -0.493 e. The van der Waals surface area contributed by atoms with Crippen LogP contribution in [0, 0.1) is 0 Å². The van der Waals surface area contributed by atoms with Crippen LogP contribution in [0.2, 0.25) is 0 Å². The highest BCUT2D eigenvalue weighted by molar-refractivity contribution is 5.68. The number of hydrogen-bond acceptors (Lipinski definition) is 5. The lowest BCUT2D eigenvalue weighted by molar-refractivity contribution is 0.324. The minimum atomic E-state index is 0.558. The molecule has 0 aliphatic rings. The smallest absolute Gasteiger partial charge is 0.203 e. The van der Waals surface area contributed by atoms with Gasteiger partial charge in [0.25, 0.3) is 0 Å². The van der Waals surface area contributed by atoms with Gasteiger partial charge in [-0.25, -0.2) is 0 Å². The van der Waals surface area contributed by atoms with E-state index in [0.717, 1.165) is 5.56 Å². The summed E-state index contributed by atoms with van der Waals surface area (Å²) in [5.41, 5.74) is 1.55. The molecule has 0 unspecified atom stereocenters. The molecule has 90 valence electrons. The van der Waals surface area contributed by atoms with Crippen molar-refractivity contribution in [2.45, 2.75) is 0 Å². The molecule has 0 bridgehead atoms. The van der Waals surface area contributed by atoms with Crippen LogP contribution < -0.4 is 14.2 Å². The lowest BCUT2D eigenvalue weighted by Gasteiger charge is -2.13. The maximum atomic E-state index is 5.25. The van der Waals surface area contributed by atoms with E-state index < -0.39 is 0 Å². The average Bonchev–Trinajstić information content (AvgIpc) is 2.90. The maximum absolute atomic E-state index is 5.25. The van der Waals surface area contributed by atoms with E-state index in [9.17, 15) is 0 Å². The Morgan fingerprint density at radius 2 is 1.65 bits per heavy atom. The average molecular weight is 235 g/mol. The summed E-state index contributed by atoms with van der Waals surface area (Å²) in [6, 6.07) is 5.40. The number of nitrogens with zero attached hydrogens (tertiary/aromatic N) is 1. The second kappa shape index (κ2) is 4.78. The first-order valence-corrected chi connectivity index (χ1v) is 5.01. The predicted molar refractivity (Wildman–Crippen MR) is 61.6 cm³/mol. The molecule has 5 nitrogen and oxygen atoms in total. The molecule has 5 heteroatoms. The molecule has 0 saturated heterocycles. The van der Waals surface area contributed by atoms with E-state index in [1.807, 2.05) is 12.1 Å². The van der Waals surface area contributed by atoms with E-state index in [-0.39, 0.29) is 0 Å². The second-order valence-corrected chi connectivity index (χ2v) is 3.30. The molecule has 2 aromatic rings. The van der Waals surface area contributed by atoms with E-state index in [1.54, 1.807) is 27.4 Å². The Hall–Kier alpha value is -2.17. The zero-order valence-electron chi connectivity index (χ0n) is 9.89. The molecule has 0 aliphatic carbocycles. The second-order valence-electron chi connectivity index (χ2n) is 3.30. The third-order valence-electron chi connectivity index (χ3n) is 2.40. The fraction of sp³-hybridized carbons (Fsp3) is 0.250. The van der Waals surface area contributed by atoms with Crippen LogP contribution in [0.4, 0.5) is 0 Å². The van der Waals surface area contributed by atoms with Gasteiger partial charge in [0.15, 0.2) is 11.5 Å². The number of methoxy groups -OCH3 is 3. The van der Waals surface area contributed by atoms with E-state index in [1.165, 1.54) is 6.26 Å². The molecular weight excluding hydrogens is 222 g/mol. The normalized spacial score (nSPS) is 10.1. The Morgan fingerprint density at radius 3 is 2.06 bits per heavy atom. The van der Waals surface area contributed by atoms with Gasteiger partial charge in [0, 0.05) is 11.6 Å². The fourth-order valence-corrected chi connectivity index (χ4v) is 1.59. The van der Waals surface area contributed by atoms with Crippen molar-refractivity contribution in [1.82, 2.24) is 5.16 Å². The van der Waals surface area contributed by atoms with E-state index in [4.69, 9.17) is 18.7 Å². The van der Waals surface area contributed by atoms with Crippen molar-refractivity contribution in [2.75, 3.05) is 21.3 Å². The molecule has 17 heavy (non-hydrogen) atoms. The summed E-state index contributed by atoms with van der Waals surface area (Å²) in [6.07, 6.45) is 1.51. The zero-order valence-corrected chi connectivity index (χ0v) is 9.89. The minimum absolute atomic E-state index is 0.558. The van der Waals surface area contributed by atoms with Crippen LogP contribution >= 0.6 is 0 Å². The van der Waals surface area contributed by atoms with E-state index in [0.29, 0.717) is 22.9 Å². The first-order chi connectivity index (χ1) is 8.30. The molecule has 0 amide bonds. The fourth-order valence-electron chi connectivity index (χ4n) is 1.59. The molecule has 0 saturated carbocycles. The van der Waals surface area contributed by atoms with Crippen LogP contribution in [0.15, 0.2) is 29.0 Å². The predicted octanol–water partition coefficient (Wildman–Crippen LogP) is 2.37. The van der Waals surface area contributed by atoms with Gasteiger partial charge >= 0.3 is 0 Å². The Labute approximate surface area is 98.9 Å². The summed E-state index contributed by atoms with van der Waals surface area (Å²) < 4.78 is 20.6. The monoisotopic (exact) mass is 235 g/mol. The molecule has 0 spiro atoms. The van der Waals surface area contributed by atoms with Gasteiger partial charge in [-0.05, 0) is 12.1 Å². The largest absolute Gasteiger partial charge is 0.493 e. The Morgan fingerprint density at radius 1 is 1.00 bits per heavy atom. The number of aromatic nitrogens is 1. The van der Waals surface area contributed by atoms with Crippen LogP contribution in [0.5, 0.6) is 17.2 Å². The van der Waals surface area contributed by atoms with Gasteiger partial charge < -0.3 is 18.7 Å². The van der Waals surface area contributed by atoms with Crippen LogP contribution in [-0.2, 0) is 0 Å². The van der Waals surface area contributed by atoms with Crippen molar-refractivity contribution in [3.05, 3.63) is 24.5 Å². The van der Waals surface area contributed by atoms with Gasteiger partial charge in [-0.1, -0.05) is 5.16 Å². The maximum Gasteiger partial charge on any atom is 0.203 e. The summed E-state index contributed by atoms with van der Waals surface area (Å²) in [4.78, 5) is 0. The van der Waals surface area contributed by atoms with Crippen LogP contribution in [0.3, 0.4) is 0 Å². The lowest BCUT2D eigenvalue weighted by Crippen LogP contribution is -1.95. The Balaban J connectivity index is 2.56. The number of hydrogen-bond donors (Lipinski definition) is 0. The quantitative estimate of drug-likeness (QED) is 0.814.